The topological polar surface area (TPSA) is 89.3 Å². The van der Waals surface area contributed by atoms with Crippen molar-refractivity contribution >= 4 is 53.4 Å². The van der Waals surface area contributed by atoms with Crippen LogP contribution in [0.3, 0.4) is 0 Å². The van der Waals surface area contributed by atoms with Gasteiger partial charge in [-0.05, 0) is 42.3 Å². The minimum Gasteiger partial charge on any atom is -0.464 e. The number of thiazole rings is 1. The number of carbonyl (C=O) groups is 1. The van der Waals surface area contributed by atoms with E-state index in [1.807, 2.05) is 18.2 Å². The molecule has 0 radical (unpaired) electrons. The molecule has 0 aliphatic rings. The van der Waals surface area contributed by atoms with Crippen LogP contribution in [0.15, 0.2) is 52.0 Å². The molecule has 4 aromatic rings. The number of sulfone groups is 1. The zero-order valence-electron chi connectivity index (χ0n) is 15.4. The molecule has 0 saturated carbocycles. The molecule has 0 atom stereocenters. The molecule has 8 heteroatoms. The number of anilines is 1. The SMILES string of the molecule is CCc1ccc2occ(CC(=O)Nc3nc4ccc(S(C)(=O)=O)cc4s3)c2c1. The fourth-order valence-corrected chi connectivity index (χ4v) is 4.65. The highest BCUT2D eigenvalue weighted by atomic mass is 32.2. The van der Waals surface area contributed by atoms with Gasteiger partial charge in [0.15, 0.2) is 15.0 Å². The van der Waals surface area contributed by atoms with E-state index in [0.717, 1.165) is 29.2 Å². The Hall–Kier alpha value is -2.71. The van der Waals surface area contributed by atoms with Crippen molar-refractivity contribution in [3.05, 3.63) is 53.8 Å². The van der Waals surface area contributed by atoms with Gasteiger partial charge in [-0.25, -0.2) is 13.4 Å². The number of aromatic nitrogens is 1. The number of fused-ring (bicyclic) bond motifs is 2. The van der Waals surface area contributed by atoms with Crippen LogP contribution < -0.4 is 5.32 Å². The number of carbonyl (C=O) groups excluding carboxylic acids is 1. The van der Waals surface area contributed by atoms with Crippen molar-refractivity contribution < 1.29 is 17.6 Å². The Morgan fingerprint density at radius 1 is 1.21 bits per heavy atom. The third-order valence-electron chi connectivity index (χ3n) is 4.51. The van der Waals surface area contributed by atoms with E-state index in [1.165, 1.54) is 23.0 Å². The maximum Gasteiger partial charge on any atom is 0.230 e. The minimum absolute atomic E-state index is 0.171. The average molecular weight is 415 g/mol. The molecular formula is C20H18N2O4S2. The van der Waals surface area contributed by atoms with Gasteiger partial charge in [-0.15, -0.1) is 0 Å². The van der Waals surface area contributed by atoms with Gasteiger partial charge in [-0.1, -0.05) is 24.3 Å². The summed E-state index contributed by atoms with van der Waals surface area (Å²) in [6.45, 7) is 2.08. The van der Waals surface area contributed by atoms with Gasteiger partial charge in [0.05, 0.1) is 27.8 Å². The van der Waals surface area contributed by atoms with Crippen LogP contribution in [0.1, 0.15) is 18.1 Å². The number of rotatable bonds is 5. The van der Waals surface area contributed by atoms with E-state index in [2.05, 4.69) is 17.2 Å². The third-order valence-corrected chi connectivity index (χ3v) is 6.56. The lowest BCUT2D eigenvalue weighted by atomic mass is 10.1. The van der Waals surface area contributed by atoms with Gasteiger partial charge in [-0.3, -0.25) is 4.79 Å². The largest absolute Gasteiger partial charge is 0.464 e. The van der Waals surface area contributed by atoms with Crippen molar-refractivity contribution in [1.82, 2.24) is 4.98 Å². The van der Waals surface area contributed by atoms with Gasteiger partial charge in [0.25, 0.3) is 0 Å². The summed E-state index contributed by atoms with van der Waals surface area (Å²) >= 11 is 1.25. The van der Waals surface area contributed by atoms with Crippen molar-refractivity contribution in [2.45, 2.75) is 24.7 Å². The summed E-state index contributed by atoms with van der Waals surface area (Å²) in [4.78, 5) is 17.1. The summed E-state index contributed by atoms with van der Waals surface area (Å²) in [7, 11) is -3.29. The first-order valence-corrected chi connectivity index (χ1v) is 11.4. The smallest absolute Gasteiger partial charge is 0.230 e. The first kappa shape index (κ1) is 18.6. The molecule has 2 aromatic heterocycles. The van der Waals surface area contributed by atoms with E-state index in [-0.39, 0.29) is 17.2 Å². The second-order valence-electron chi connectivity index (χ2n) is 6.59. The lowest BCUT2D eigenvalue weighted by molar-refractivity contribution is -0.115. The van der Waals surface area contributed by atoms with E-state index < -0.39 is 9.84 Å². The molecule has 0 unspecified atom stereocenters. The number of aryl methyl sites for hydroxylation is 1. The molecule has 0 aliphatic carbocycles. The summed E-state index contributed by atoms with van der Waals surface area (Å²) < 4.78 is 29.6. The Bertz CT molecular complexity index is 1300. The highest BCUT2D eigenvalue weighted by Crippen LogP contribution is 2.29. The fraction of sp³-hybridized carbons (Fsp3) is 0.200. The Morgan fingerprint density at radius 3 is 2.79 bits per heavy atom. The Balaban J connectivity index is 1.55. The predicted molar refractivity (Wildman–Crippen MR) is 111 cm³/mol. The number of benzene rings is 2. The summed E-state index contributed by atoms with van der Waals surface area (Å²) in [5.74, 6) is -0.202. The van der Waals surface area contributed by atoms with Crippen LogP contribution in [-0.2, 0) is 27.5 Å². The minimum atomic E-state index is -3.29. The van der Waals surface area contributed by atoms with Crippen LogP contribution in [0.2, 0.25) is 0 Å². The van der Waals surface area contributed by atoms with E-state index in [9.17, 15) is 13.2 Å². The predicted octanol–water partition coefficient (Wildman–Crippen LogP) is 4.19. The highest BCUT2D eigenvalue weighted by Gasteiger charge is 2.14. The van der Waals surface area contributed by atoms with Crippen LogP contribution in [-0.4, -0.2) is 25.6 Å². The van der Waals surface area contributed by atoms with E-state index in [4.69, 9.17) is 4.42 Å². The van der Waals surface area contributed by atoms with Crippen LogP contribution in [0.4, 0.5) is 5.13 Å². The molecule has 2 aromatic carbocycles. The zero-order chi connectivity index (χ0) is 19.9. The van der Waals surface area contributed by atoms with Gasteiger partial charge in [0, 0.05) is 17.2 Å². The zero-order valence-corrected chi connectivity index (χ0v) is 17.0. The van der Waals surface area contributed by atoms with Crippen molar-refractivity contribution in [1.29, 1.82) is 0 Å². The monoisotopic (exact) mass is 414 g/mol. The third kappa shape index (κ3) is 3.65. The summed E-state index contributed by atoms with van der Waals surface area (Å²) in [6.07, 6.45) is 3.86. The van der Waals surface area contributed by atoms with Gasteiger partial charge in [-0.2, -0.15) is 0 Å². The number of hydrogen-bond donors (Lipinski definition) is 1. The molecule has 0 bridgehead atoms. The Labute approximate surface area is 166 Å². The first-order valence-electron chi connectivity index (χ1n) is 8.73. The standard InChI is InChI=1S/C20H18N2O4S2/c1-3-12-4-7-17-15(8-12)13(11-26-17)9-19(23)22-20-21-16-6-5-14(28(2,24)25)10-18(16)27-20/h4-8,10-11H,3,9H2,1-2H3,(H,21,22,23). The summed E-state index contributed by atoms with van der Waals surface area (Å²) in [5, 5.41) is 4.18. The fourth-order valence-electron chi connectivity index (χ4n) is 3.01. The molecule has 1 amide bonds. The van der Waals surface area contributed by atoms with E-state index in [1.54, 1.807) is 18.4 Å². The van der Waals surface area contributed by atoms with Gasteiger partial charge < -0.3 is 9.73 Å². The van der Waals surface area contributed by atoms with Crippen LogP contribution >= 0.6 is 11.3 Å². The van der Waals surface area contributed by atoms with Crippen LogP contribution in [0.5, 0.6) is 0 Å². The number of furan rings is 1. The van der Waals surface area contributed by atoms with Crippen LogP contribution in [0.25, 0.3) is 21.2 Å². The van der Waals surface area contributed by atoms with Gasteiger partial charge >= 0.3 is 0 Å². The quantitative estimate of drug-likeness (QED) is 0.529. The molecule has 2 heterocycles. The maximum atomic E-state index is 12.5. The average Bonchev–Trinajstić information content (AvgIpc) is 3.23. The molecule has 1 N–H and O–H groups in total. The number of nitrogens with one attached hydrogen (secondary N) is 1. The Morgan fingerprint density at radius 2 is 2.04 bits per heavy atom. The van der Waals surface area contributed by atoms with Gasteiger partial charge in [0.1, 0.15) is 5.58 Å². The van der Waals surface area contributed by atoms with E-state index >= 15 is 0 Å². The van der Waals surface area contributed by atoms with Crippen LogP contribution in [0, 0.1) is 0 Å². The molecule has 0 spiro atoms. The number of hydrogen-bond acceptors (Lipinski definition) is 6. The number of nitrogens with zero attached hydrogens (tertiary/aromatic N) is 1. The Kier molecular flexibility index (Phi) is 4.68. The van der Waals surface area contributed by atoms with Crippen molar-refractivity contribution in [3.8, 4) is 0 Å². The second-order valence-corrected chi connectivity index (χ2v) is 9.64. The molecule has 0 saturated heterocycles. The number of amides is 1. The molecule has 4 rings (SSSR count). The maximum absolute atomic E-state index is 12.5. The second kappa shape index (κ2) is 7.03. The van der Waals surface area contributed by atoms with E-state index in [0.29, 0.717) is 15.3 Å². The summed E-state index contributed by atoms with van der Waals surface area (Å²) in [5.41, 5.74) is 3.41. The molecule has 0 aliphatic heterocycles. The summed E-state index contributed by atoms with van der Waals surface area (Å²) in [6, 6.07) is 10.7. The molecule has 0 fully saturated rings. The lowest BCUT2D eigenvalue weighted by Crippen LogP contribution is -2.13. The normalized spacial score (nSPS) is 11.9. The van der Waals surface area contributed by atoms with Crippen molar-refractivity contribution in [3.63, 3.8) is 0 Å². The molecular weight excluding hydrogens is 396 g/mol. The van der Waals surface area contributed by atoms with Crippen molar-refractivity contribution in [2.75, 3.05) is 11.6 Å². The molecule has 6 nitrogen and oxygen atoms in total. The first-order chi connectivity index (χ1) is 13.3. The van der Waals surface area contributed by atoms with Gasteiger partial charge in [0.2, 0.25) is 5.91 Å². The lowest BCUT2D eigenvalue weighted by Gasteiger charge is -2.01. The highest BCUT2D eigenvalue weighted by molar-refractivity contribution is 7.90. The molecule has 144 valence electrons. The van der Waals surface area contributed by atoms with Crippen molar-refractivity contribution in [2.24, 2.45) is 0 Å². The molecule has 28 heavy (non-hydrogen) atoms.